The average molecular weight is 362 g/mol. The monoisotopic (exact) mass is 362 g/mol. The Kier molecular flexibility index (Phi) is 5.23. The van der Waals surface area contributed by atoms with Crippen LogP contribution in [0.1, 0.15) is 39.8 Å². The normalized spacial score (nSPS) is 13.2. The third-order valence-corrected chi connectivity index (χ3v) is 4.63. The van der Waals surface area contributed by atoms with Gasteiger partial charge in [0.2, 0.25) is 0 Å². The molecule has 0 spiro atoms. The van der Waals surface area contributed by atoms with Crippen molar-refractivity contribution in [2.75, 3.05) is 12.4 Å². The van der Waals surface area contributed by atoms with E-state index in [0.717, 1.165) is 0 Å². The first-order valence-corrected chi connectivity index (χ1v) is 8.07. The number of aryl methyl sites for hydroxylation is 1. The third-order valence-electron chi connectivity index (χ3n) is 4.63. The maximum absolute atomic E-state index is 13.4. The molecule has 1 aromatic heterocycles. The molecule has 26 heavy (non-hydrogen) atoms. The zero-order valence-corrected chi connectivity index (χ0v) is 15.7. The van der Waals surface area contributed by atoms with E-state index in [-0.39, 0.29) is 5.82 Å². The zero-order valence-electron chi connectivity index (χ0n) is 15.7. The molecule has 6 nitrogen and oxygen atoms in total. The summed E-state index contributed by atoms with van der Waals surface area (Å²) in [4.78, 5) is 24.7. The molecule has 0 aliphatic carbocycles. The van der Waals surface area contributed by atoms with Crippen molar-refractivity contribution in [2.45, 2.75) is 33.3 Å². The van der Waals surface area contributed by atoms with Crippen molar-refractivity contribution >= 4 is 17.6 Å². The van der Waals surface area contributed by atoms with Crippen LogP contribution in [-0.4, -0.2) is 28.7 Å². The molecular formula is C19H23FN2O4. The van der Waals surface area contributed by atoms with Gasteiger partial charge >= 0.3 is 5.97 Å². The van der Waals surface area contributed by atoms with Crippen LogP contribution in [0.15, 0.2) is 18.2 Å². The van der Waals surface area contributed by atoms with E-state index in [0.29, 0.717) is 33.8 Å². The zero-order chi connectivity index (χ0) is 19.8. The molecule has 2 aromatic rings. The summed E-state index contributed by atoms with van der Waals surface area (Å²) >= 11 is 0. The Morgan fingerprint density at radius 2 is 1.88 bits per heavy atom. The second kappa shape index (κ2) is 6.92. The van der Waals surface area contributed by atoms with Gasteiger partial charge in [-0.1, -0.05) is 0 Å². The van der Waals surface area contributed by atoms with E-state index in [2.05, 4.69) is 10.1 Å². The van der Waals surface area contributed by atoms with E-state index < -0.39 is 17.5 Å². The van der Waals surface area contributed by atoms with Crippen molar-refractivity contribution in [2.24, 2.45) is 7.05 Å². The molecule has 7 heteroatoms. The Balaban J connectivity index is 2.47. The van der Waals surface area contributed by atoms with Gasteiger partial charge in [-0.2, -0.15) is 0 Å². The number of ether oxygens (including phenoxy) is 1. The topological polar surface area (TPSA) is 80.6 Å². The first-order chi connectivity index (χ1) is 12.0. The van der Waals surface area contributed by atoms with E-state index in [1.54, 1.807) is 32.4 Å². The van der Waals surface area contributed by atoms with Crippen molar-refractivity contribution < 1.29 is 23.8 Å². The molecule has 0 aliphatic heterocycles. The van der Waals surface area contributed by atoms with Gasteiger partial charge in [0.1, 0.15) is 11.5 Å². The second-order valence-electron chi connectivity index (χ2n) is 6.47. The van der Waals surface area contributed by atoms with Crippen molar-refractivity contribution in [1.29, 1.82) is 0 Å². The quantitative estimate of drug-likeness (QED) is 0.820. The number of aliphatic hydroxyl groups is 1. The largest absolute Gasteiger partial charge is 0.467 e. The fraction of sp³-hybridized carbons (Fsp3) is 0.368. The Bertz CT molecular complexity index is 884. The number of nitrogens with zero attached hydrogens (tertiary/aromatic N) is 1. The summed E-state index contributed by atoms with van der Waals surface area (Å²) in [5.74, 6) is -1.59. The van der Waals surface area contributed by atoms with Gasteiger partial charge in [-0.25, -0.2) is 9.18 Å². The molecule has 140 valence electrons. The van der Waals surface area contributed by atoms with Gasteiger partial charge in [0, 0.05) is 24.0 Å². The van der Waals surface area contributed by atoms with Crippen molar-refractivity contribution in [3.05, 3.63) is 52.1 Å². The number of nitrogens with one attached hydrogen (secondary N) is 1. The lowest BCUT2D eigenvalue weighted by atomic mass is 9.92. The molecule has 1 unspecified atom stereocenters. The summed E-state index contributed by atoms with van der Waals surface area (Å²) in [5, 5.41) is 13.3. The number of esters is 1. The molecule has 2 rings (SSSR count). The number of hydrogen-bond acceptors (Lipinski definition) is 4. The Morgan fingerprint density at radius 1 is 1.27 bits per heavy atom. The fourth-order valence-corrected chi connectivity index (χ4v) is 3.23. The number of aromatic nitrogens is 1. The molecular weight excluding hydrogens is 339 g/mol. The highest BCUT2D eigenvalue weighted by Gasteiger charge is 2.39. The molecule has 0 bridgehead atoms. The molecule has 1 atom stereocenters. The lowest BCUT2D eigenvalue weighted by Gasteiger charge is -2.21. The summed E-state index contributed by atoms with van der Waals surface area (Å²) < 4.78 is 19.7. The predicted molar refractivity (Wildman–Crippen MR) is 95.6 cm³/mol. The van der Waals surface area contributed by atoms with Crippen molar-refractivity contribution in [3.63, 3.8) is 0 Å². The van der Waals surface area contributed by atoms with Gasteiger partial charge in [0.05, 0.1) is 7.11 Å². The summed E-state index contributed by atoms with van der Waals surface area (Å²) in [6, 6.07) is 4.28. The minimum atomic E-state index is -1.88. The van der Waals surface area contributed by atoms with Gasteiger partial charge < -0.3 is 19.7 Å². The number of amides is 1. The summed E-state index contributed by atoms with van der Waals surface area (Å²) in [5.41, 5.74) is 0.641. The van der Waals surface area contributed by atoms with Crippen LogP contribution in [0.5, 0.6) is 0 Å². The highest BCUT2D eigenvalue weighted by Crippen LogP contribution is 2.32. The van der Waals surface area contributed by atoms with Gasteiger partial charge in [-0.3, -0.25) is 4.79 Å². The second-order valence-corrected chi connectivity index (χ2v) is 6.47. The summed E-state index contributed by atoms with van der Waals surface area (Å²) in [6.07, 6.45) is 0. The number of halogens is 1. The number of anilines is 1. The number of hydrogen-bond donors (Lipinski definition) is 2. The fourth-order valence-electron chi connectivity index (χ4n) is 3.23. The van der Waals surface area contributed by atoms with E-state index in [1.165, 1.54) is 32.2 Å². The summed E-state index contributed by atoms with van der Waals surface area (Å²) in [6.45, 7) is 6.30. The minimum Gasteiger partial charge on any atom is -0.467 e. The lowest BCUT2D eigenvalue weighted by molar-refractivity contribution is -0.161. The van der Waals surface area contributed by atoms with Gasteiger partial charge in [0.25, 0.3) is 5.91 Å². The number of carbonyl (C=O) groups is 2. The minimum absolute atomic E-state index is 0.295. The SMILES string of the molecule is COC(=O)C(C)(O)c1c(C)c(C(=O)Nc2ccc(F)c(C)c2)n(C)c1C. The highest BCUT2D eigenvalue weighted by atomic mass is 19.1. The van der Waals surface area contributed by atoms with Crippen LogP contribution in [0.4, 0.5) is 10.1 Å². The Hall–Kier alpha value is -2.67. The molecule has 0 aliphatic rings. The summed E-state index contributed by atoms with van der Waals surface area (Å²) in [7, 11) is 2.86. The van der Waals surface area contributed by atoms with Crippen LogP contribution >= 0.6 is 0 Å². The first kappa shape index (κ1) is 19.7. The van der Waals surface area contributed by atoms with Crippen LogP contribution in [0, 0.1) is 26.6 Å². The molecule has 2 N–H and O–H groups in total. The number of carbonyl (C=O) groups excluding carboxylic acids is 2. The van der Waals surface area contributed by atoms with Gasteiger partial charge in [0.15, 0.2) is 5.60 Å². The molecule has 0 saturated carbocycles. The van der Waals surface area contributed by atoms with Crippen LogP contribution in [-0.2, 0) is 22.2 Å². The third kappa shape index (κ3) is 3.22. The molecule has 1 aromatic carbocycles. The number of benzene rings is 1. The average Bonchev–Trinajstić information content (AvgIpc) is 2.79. The molecule has 0 radical (unpaired) electrons. The maximum Gasteiger partial charge on any atom is 0.342 e. The maximum atomic E-state index is 13.4. The molecule has 0 fully saturated rings. The number of rotatable bonds is 4. The van der Waals surface area contributed by atoms with E-state index in [4.69, 9.17) is 0 Å². The smallest absolute Gasteiger partial charge is 0.342 e. The first-order valence-electron chi connectivity index (χ1n) is 8.07. The van der Waals surface area contributed by atoms with E-state index in [1.807, 2.05) is 0 Å². The van der Waals surface area contributed by atoms with Crippen LogP contribution in [0.3, 0.4) is 0 Å². The van der Waals surface area contributed by atoms with Crippen LogP contribution in [0.2, 0.25) is 0 Å². The predicted octanol–water partition coefficient (Wildman–Crippen LogP) is 2.72. The highest BCUT2D eigenvalue weighted by molar-refractivity contribution is 6.05. The number of methoxy groups -OCH3 is 1. The van der Waals surface area contributed by atoms with Crippen molar-refractivity contribution in [1.82, 2.24) is 4.57 Å². The van der Waals surface area contributed by atoms with Crippen LogP contribution < -0.4 is 5.32 Å². The van der Waals surface area contributed by atoms with Crippen LogP contribution in [0.25, 0.3) is 0 Å². The van der Waals surface area contributed by atoms with E-state index in [9.17, 15) is 19.1 Å². The Labute approximate surface area is 151 Å². The lowest BCUT2D eigenvalue weighted by Crippen LogP contribution is -2.34. The standard InChI is InChI=1S/C19H23FN2O4/c1-10-9-13(7-8-14(10)20)21-17(23)16-11(2)15(12(3)22(16)5)19(4,25)18(24)26-6/h7-9,25H,1-6H3,(H,21,23). The van der Waals surface area contributed by atoms with Crippen molar-refractivity contribution in [3.8, 4) is 0 Å². The molecule has 1 heterocycles. The molecule has 1 amide bonds. The van der Waals surface area contributed by atoms with Gasteiger partial charge in [-0.15, -0.1) is 0 Å². The molecule has 0 saturated heterocycles. The van der Waals surface area contributed by atoms with E-state index >= 15 is 0 Å². The Morgan fingerprint density at radius 3 is 2.42 bits per heavy atom. The van der Waals surface area contributed by atoms with Gasteiger partial charge in [-0.05, 0) is 57.0 Å².